The van der Waals surface area contributed by atoms with Gasteiger partial charge in [-0.15, -0.1) is 16.4 Å². The first-order chi connectivity index (χ1) is 17.9. The summed E-state index contributed by atoms with van der Waals surface area (Å²) in [6, 6.07) is 5.80. The Kier molecular flexibility index (Phi) is 7.24. The number of nitrogens with one attached hydrogen (secondary N) is 1. The normalized spacial score (nSPS) is 12.4. The molecular formula is C25H24F2N6O4S. The number of hydrogen-bond acceptors (Lipinski definition) is 8. The van der Waals surface area contributed by atoms with Crippen molar-refractivity contribution in [1.82, 2.24) is 20.0 Å². The van der Waals surface area contributed by atoms with Gasteiger partial charge in [-0.05, 0) is 56.2 Å². The Morgan fingerprint density at radius 2 is 1.89 bits per heavy atom. The number of nitrogens with two attached hydrogens (primary N) is 1. The van der Waals surface area contributed by atoms with Crippen molar-refractivity contribution in [2.75, 3.05) is 5.32 Å². The summed E-state index contributed by atoms with van der Waals surface area (Å²) in [4.78, 5) is 27.8. The zero-order valence-electron chi connectivity index (χ0n) is 20.6. The third-order valence-corrected chi connectivity index (χ3v) is 6.86. The number of carboxylic acids is 1. The fourth-order valence-electron chi connectivity index (χ4n) is 3.72. The number of carbonyl (C=O) groups is 2. The average molecular weight is 543 g/mol. The molecule has 3 heterocycles. The third-order valence-electron chi connectivity index (χ3n) is 5.79. The molecule has 1 unspecified atom stereocenters. The number of hydrogen-bond donors (Lipinski definition) is 4. The van der Waals surface area contributed by atoms with Crippen LogP contribution in [0.5, 0.6) is 0 Å². The summed E-state index contributed by atoms with van der Waals surface area (Å²) in [6.45, 7) is 4.56. The molecular weight excluding hydrogens is 518 g/mol. The maximum Gasteiger partial charge on any atom is 0.328 e. The van der Waals surface area contributed by atoms with E-state index in [2.05, 4.69) is 20.6 Å². The van der Waals surface area contributed by atoms with Gasteiger partial charge in [0.1, 0.15) is 28.1 Å². The minimum Gasteiger partial charge on any atom is -0.480 e. The topological polar surface area (TPSA) is 156 Å². The van der Waals surface area contributed by atoms with Crippen molar-refractivity contribution in [2.24, 2.45) is 5.73 Å². The van der Waals surface area contributed by atoms with E-state index in [0.29, 0.717) is 23.5 Å². The second kappa shape index (κ2) is 10.3. The lowest BCUT2D eigenvalue weighted by Crippen LogP contribution is -2.18. The largest absolute Gasteiger partial charge is 0.480 e. The van der Waals surface area contributed by atoms with Crippen molar-refractivity contribution in [3.63, 3.8) is 0 Å². The Balaban J connectivity index is 1.61. The van der Waals surface area contributed by atoms with Crippen LogP contribution in [0, 0.1) is 11.6 Å². The number of primary amides is 1. The SMILES string of the molecule is CCC(C(=O)O)n1cc(-c2ccc(Nc3sc(-c4c(F)cc(C(C)(C)O)cc4F)cc3C(N)=O)nc2)nn1. The lowest BCUT2D eigenvalue weighted by atomic mass is 9.96. The van der Waals surface area contributed by atoms with E-state index in [-0.39, 0.29) is 26.6 Å². The molecule has 0 aliphatic carbocycles. The maximum absolute atomic E-state index is 14.9. The predicted molar refractivity (Wildman–Crippen MR) is 137 cm³/mol. The van der Waals surface area contributed by atoms with Crippen molar-refractivity contribution in [3.05, 3.63) is 65.5 Å². The molecule has 0 aliphatic heterocycles. The van der Waals surface area contributed by atoms with Gasteiger partial charge < -0.3 is 21.3 Å². The van der Waals surface area contributed by atoms with Gasteiger partial charge in [0.15, 0.2) is 6.04 Å². The highest BCUT2D eigenvalue weighted by Gasteiger charge is 2.25. The van der Waals surface area contributed by atoms with Crippen molar-refractivity contribution in [3.8, 4) is 21.7 Å². The lowest BCUT2D eigenvalue weighted by Gasteiger charge is -2.18. The van der Waals surface area contributed by atoms with E-state index in [9.17, 15) is 28.6 Å². The molecule has 4 rings (SSSR count). The van der Waals surface area contributed by atoms with Gasteiger partial charge >= 0.3 is 5.97 Å². The van der Waals surface area contributed by atoms with Gasteiger partial charge in [-0.25, -0.2) is 23.2 Å². The first-order valence-corrected chi connectivity index (χ1v) is 12.2. The number of benzene rings is 1. The molecule has 1 amide bonds. The number of thiophene rings is 1. The second-order valence-corrected chi connectivity index (χ2v) is 10.0. The Morgan fingerprint density at radius 1 is 1.21 bits per heavy atom. The first kappa shape index (κ1) is 26.8. The zero-order chi connectivity index (χ0) is 27.8. The monoisotopic (exact) mass is 542 g/mol. The van der Waals surface area contributed by atoms with Crippen LogP contribution in [0.4, 0.5) is 19.6 Å². The van der Waals surface area contributed by atoms with Crippen LogP contribution in [0.1, 0.15) is 49.2 Å². The highest BCUT2D eigenvalue weighted by atomic mass is 32.1. The van der Waals surface area contributed by atoms with Crippen molar-refractivity contribution in [2.45, 2.75) is 38.8 Å². The van der Waals surface area contributed by atoms with Gasteiger partial charge in [0.25, 0.3) is 5.91 Å². The fraction of sp³-hybridized carbons (Fsp3) is 0.240. The minimum atomic E-state index is -1.44. The Hall–Kier alpha value is -4.23. The summed E-state index contributed by atoms with van der Waals surface area (Å²) >= 11 is 0.914. The van der Waals surface area contributed by atoms with Crippen LogP contribution in [-0.2, 0) is 10.4 Å². The van der Waals surface area contributed by atoms with Crippen LogP contribution in [0.2, 0.25) is 0 Å². The molecule has 0 bridgehead atoms. The minimum absolute atomic E-state index is 0.0171. The number of aliphatic carboxylic acids is 1. The van der Waals surface area contributed by atoms with E-state index in [4.69, 9.17) is 5.73 Å². The predicted octanol–water partition coefficient (Wildman–Crippen LogP) is 4.45. The number of nitrogens with zero attached hydrogens (tertiary/aromatic N) is 4. The summed E-state index contributed by atoms with van der Waals surface area (Å²) in [5.41, 5.74) is 4.78. The maximum atomic E-state index is 14.9. The second-order valence-electron chi connectivity index (χ2n) is 8.99. The van der Waals surface area contributed by atoms with E-state index in [1.165, 1.54) is 37.0 Å². The van der Waals surface area contributed by atoms with Crippen molar-refractivity contribution in [1.29, 1.82) is 0 Å². The summed E-state index contributed by atoms with van der Waals surface area (Å²) in [6.07, 6.45) is 3.32. The number of carbonyl (C=O) groups excluding carboxylic acids is 1. The molecule has 198 valence electrons. The van der Waals surface area contributed by atoms with Crippen molar-refractivity contribution < 1.29 is 28.6 Å². The molecule has 0 aliphatic rings. The summed E-state index contributed by atoms with van der Waals surface area (Å²) < 4.78 is 31.0. The lowest BCUT2D eigenvalue weighted by molar-refractivity contribution is -0.141. The van der Waals surface area contributed by atoms with Crippen LogP contribution in [0.25, 0.3) is 21.7 Å². The molecule has 0 radical (unpaired) electrons. The van der Waals surface area contributed by atoms with Crippen molar-refractivity contribution >= 4 is 34.0 Å². The summed E-state index contributed by atoms with van der Waals surface area (Å²) in [7, 11) is 0. The molecule has 38 heavy (non-hydrogen) atoms. The van der Waals surface area contributed by atoms with Crippen LogP contribution in [-0.4, -0.2) is 42.1 Å². The van der Waals surface area contributed by atoms with E-state index in [1.807, 2.05) is 0 Å². The Morgan fingerprint density at radius 3 is 2.42 bits per heavy atom. The molecule has 13 heteroatoms. The Labute approximate surface area is 219 Å². The number of amides is 1. The number of halogens is 2. The quantitative estimate of drug-likeness (QED) is 0.242. The zero-order valence-corrected chi connectivity index (χ0v) is 21.4. The summed E-state index contributed by atoms with van der Waals surface area (Å²) in [5.74, 6) is -3.30. The first-order valence-electron chi connectivity index (χ1n) is 11.4. The number of anilines is 2. The molecule has 3 aromatic heterocycles. The molecule has 4 aromatic rings. The van der Waals surface area contributed by atoms with E-state index < -0.39 is 35.2 Å². The molecule has 0 saturated carbocycles. The number of aromatic nitrogens is 4. The number of rotatable bonds is 9. The highest BCUT2D eigenvalue weighted by Crippen LogP contribution is 2.40. The van der Waals surface area contributed by atoms with Gasteiger partial charge in [-0.3, -0.25) is 4.79 Å². The Bertz CT molecular complexity index is 1490. The molecule has 1 atom stereocenters. The van der Waals surface area contributed by atoms with E-state index in [0.717, 1.165) is 23.5 Å². The van der Waals surface area contributed by atoms with Gasteiger partial charge in [-0.1, -0.05) is 12.1 Å². The third kappa shape index (κ3) is 5.38. The summed E-state index contributed by atoms with van der Waals surface area (Å²) in [5, 5.41) is 30.5. The molecule has 0 fully saturated rings. The molecule has 10 nitrogen and oxygen atoms in total. The van der Waals surface area contributed by atoms with Crippen LogP contribution >= 0.6 is 11.3 Å². The number of aliphatic hydroxyl groups is 1. The van der Waals surface area contributed by atoms with E-state index in [1.54, 1.807) is 19.1 Å². The number of pyridine rings is 1. The van der Waals surface area contributed by atoms with Crippen LogP contribution in [0.15, 0.2) is 42.7 Å². The fourth-order valence-corrected chi connectivity index (χ4v) is 4.84. The van der Waals surface area contributed by atoms with Gasteiger partial charge in [0.05, 0.1) is 22.9 Å². The molecule has 1 aromatic carbocycles. The van der Waals surface area contributed by atoms with Crippen LogP contribution < -0.4 is 11.1 Å². The molecule has 0 saturated heterocycles. The van der Waals surface area contributed by atoms with Gasteiger partial charge in [-0.2, -0.15) is 0 Å². The molecule has 0 spiro atoms. The smallest absolute Gasteiger partial charge is 0.328 e. The highest BCUT2D eigenvalue weighted by molar-refractivity contribution is 7.20. The standard InChI is InChI=1S/C25H24F2N6O4S/c1-4-18(24(35)36)33-11-17(31-32-33)12-5-6-20(29-10-12)30-23-14(22(28)34)9-19(38-23)21-15(26)7-13(8-16(21)27)25(2,3)37/h5-11,18,37H,4H2,1-3H3,(H2,28,34)(H,29,30)(H,35,36). The van der Waals surface area contributed by atoms with E-state index >= 15 is 0 Å². The molecule has 5 N–H and O–H groups in total. The van der Waals surface area contributed by atoms with Crippen LogP contribution in [0.3, 0.4) is 0 Å². The van der Waals surface area contributed by atoms with Gasteiger partial charge in [0.2, 0.25) is 0 Å². The van der Waals surface area contributed by atoms with Gasteiger partial charge in [0, 0.05) is 16.6 Å². The number of carboxylic acid groups (broad SMARTS) is 1. The average Bonchev–Trinajstić information content (AvgIpc) is 3.47.